The van der Waals surface area contributed by atoms with Crippen LogP contribution in [0, 0.1) is 5.82 Å². The Kier molecular flexibility index (Phi) is 6.00. The minimum absolute atomic E-state index is 0.138. The van der Waals surface area contributed by atoms with E-state index in [4.69, 9.17) is 4.74 Å². The normalized spacial score (nSPS) is 19.7. The number of benzene rings is 1. The molecule has 0 aliphatic carbocycles. The highest BCUT2D eigenvalue weighted by Crippen LogP contribution is 2.30. The van der Waals surface area contributed by atoms with Crippen molar-refractivity contribution in [2.75, 3.05) is 31.1 Å². The van der Waals surface area contributed by atoms with Gasteiger partial charge < -0.3 is 15.0 Å². The molecule has 3 nitrogen and oxygen atoms in total. The predicted molar refractivity (Wildman–Crippen MR) is 85.4 cm³/mol. The van der Waals surface area contributed by atoms with Gasteiger partial charge in [-0.2, -0.15) is 0 Å². The third-order valence-corrected chi connectivity index (χ3v) is 4.14. The average Bonchev–Trinajstić information content (AvgIpc) is 2.98. The van der Waals surface area contributed by atoms with Crippen molar-refractivity contribution in [1.29, 1.82) is 0 Å². The molecule has 0 aromatic heterocycles. The quantitative estimate of drug-likeness (QED) is 0.833. The molecule has 2 atom stereocenters. The lowest BCUT2D eigenvalue weighted by molar-refractivity contribution is 0.115. The smallest absolute Gasteiger partial charge is 0.146 e. The number of nitrogens with zero attached hydrogens (tertiary/aromatic N) is 1. The SMILES string of the molecule is CCNC(C)c1cccc(F)c1N(CC)CC1CCCO1. The van der Waals surface area contributed by atoms with Gasteiger partial charge in [0.15, 0.2) is 0 Å². The number of nitrogens with one attached hydrogen (secondary N) is 1. The average molecular weight is 294 g/mol. The molecule has 1 fully saturated rings. The second-order valence-corrected chi connectivity index (χ2v) is 5.63. The van der Waals surface area contributed by atoms with Crippen molar-refractivity contribution in [1.82, 2.24) is 5.32 Å². The van der Waals surface area contributed by atoms with Crippen LogP contribution in [0.3, 0.4) is 0 Å². The van der Waals surface area contributed by atoms with Crippen LogP contribution in [0.25, 0.3) is 0 Å². The fourth-order valence-electron chi connectivity index (χ4n) is 3.04. The fourth-order valence-corrected chi connectivity index (χ4v) is 3.04. The van der Waals surface area contributed by atoms with Crippen molar-refractivity contribution < 1.29 is 9.13 Å². The highest BCUT2D eigenvalue weighted by molar-refractivity contribution is 5.56. The molecule has 2 unspecified atom stereocenters. The third kappa shape index (κ3) is 3.95. The van der Waals surface area contributed by atoms with Crippen molar-refractivity contribution in [3.63, 3.8) is 0 Å². The molecule has 1 aromatic carbocycles. The van der Waals surface area contributed by atoms with Crippen molar-refractivity contribution in [3.8, 4) is 0 Å². The van der Waals surface area contributed by atoms with Crippen LogP contribution in [0.15, 0.2) is 18.2 Å². The zero-order valence-electron chi connectivity index (χ0n) is 13.4. The molecular weight excluding hydrogens is 267 g/mol. The van der Waals surface area contributed by atoms with E-state index in [1.165, 1.54) is 0 Å². The molecule has 0 bridgehead atoms. The zero-order chi connectivity index (χ0) is 15.2. The molecule has 0 saturated carbocycles. The molecule has 1 saturated heterocycles. The topological polar surface area (TPSA) is 24.5 Å². The molecule has 0 amide bonds. The summed E-state index contributed by atoms with van der Waals surface area (Å²) in [6.45, 7) is 9.48. The van der Waals surface area contributed by atoms with Gasteiger partial charge in [0.1, 0.15) is 5.82 Å². The van der Waals surface area contributed by atoms with Gasteiger partial charge in [0.2, 0.25) is 0 Å². The Morgan fingerprint density at radius 3 is 2.86 bits per heavy atom. The first-order chi connectivity index (χ1) is 10.2. The minimum Gasteiger partial charge on any atom is -0.376 e. The zero-order valence-corrected chi connectivity index (χ0v) is 13.4. The summed E-state index contributed by atoms with van der Waals surface area (Å²) >= 11 is 0. The van der Waals surface area contributed by atoms with E-state index in [2.05, 4.69) is 31.0 Å². The third-order valence-electron chi connectivity index (χ3n) is 4.14. The van der Waals surface area contributed by atoms with Crippen molar-refractivity contribution >= 4 is 5.69 Å². The van der Waals surface area contributed by atoms with Gasteiger partial charge in [0.25, 0.3) is 0 Å². The summed E-state index contributed by atoms with van der Waals surface area (Å²) in [5.74, 6) is -0.142. The van der Waals surface area contributed by atoms with Crippen LogP contribution in [-0.2, 0) is 4.74 Å². The summed E-state index contributed by atoms with van der Waals surface area (Å²) < 4.78 is 20.2. The van der Waals surface area contributed by atoms with E-state index in [9.17, 15) is 4.39 Å². The molecule has 21 heavy (non-hydrogen) atoms. The Morgan fingerprint density at radius 2 is 2.24 bits per heavy atom. The Labute approximate surface area is 127 Å². The van der Waals surface area contributed by atoms with Gasteiger partial charge in [-0.05, 0) is 44.9 Å². The van der Waals surface area contributed by atoms with Gasteiger partial charge in [0, 0.05) is 25.7 Å². The van der Waals surface area contributed by atoms with Gasteiger partial charge in [0.05, 0.1) is 11.8 Å². The van der Waals surface area contributed by atoms with E-state index < -0.39 is 0 Å². The lowest BCUT2D eigenvalue weighted by atomic mass is 10.0. The standard InChI is InChI=1S/C17H27FN2O/c1-4-19-13(3)15-9-6-10-16(18)17(15)20(5-2)12-14-8-7-11-21-14/h6,9-10,13-14,19H,4-5,7-8,11-12H2,1-3H3. The largest absolute Gasteiger partial charge is 0.376 e. The minimum atomic E-state index is -0.142. The Hall–Kier alpha value is -1.13. The van der Waals surface area contributed by atoms with Crippen molar-refractivity contribution in [3.05, 3.63) is 29.6 Å². The summed E-state index contributed by atoms with van der Waals surface area (Å²) in [5, 5.41) is 3.38. The molecule has 1 aromatic rings. The van der Waals surface area contributed by atoms with Crippen LogP contribution >= 0.6 is 0 Å². The maximum absolute atomic E-state index is 14.5. The fraction of sp³-hybridized carbons (Fsp3) is 0.647. The number of rotatable bonds is 7. The Bertz CT molecular complexity index is 446. The van der Waals surface area contributed by atoms with E-state index in [1.54, 1.807) is 12.1 Å². The van der Waals surface area contributed by atoms with Crippen LogP contribution < -0.4 is 10.2 Å². The maximum atomic E-state index is 14.5. The van der Waals surface area contributed by atoms with Gasteiger partial charge in [-0.25, -0.2) is 4.39 Å². The van der Waals surface area contributed by atoms with Gasteiger partial charge in [-0.1, -0.05) is 19.1 Å². The van der Waals surface area contributed by atoms with E-state index in [-0.39, 0.29) is 18.0 Å². The number of likely N-dealkylation sites (N-methyl/N-ethyl adjacent to an activating group) is 1. The summed E-state index contributed by atoms with van der Waals surface area (Å²) in [6, 6.07) is 5.50. The Balaban J connectivity index is 2.25. The van der Waals surface area contributed by atoms with Crippen molar-refractivity contribution in [2.45, 2.75) is 45.8 Å². The predicted octanol–water partition coefficient (Wildman–Crippen LogP) is 3.50. The van der Waals surface area contributed by atoms with Crippen molar-refractivity contribution in [2.24, 2.45) is 0 Å². The first-order valence-electron chi connectivity index (χ1n) is 8.05. The van der Waals surface area contributed by atoms with E-state index in [1.807, 2.05) is 6.07 Å². The second-order valence-electron chi connectivity index (χ2n) is 5.63. The number of para-hydroxylation sites is 1. The summed E-state index contributed by atoms with van der Waals surface area (Å²) in [4.78, 5) is 2.12. The van der Waals surface area contributed by atoms with Gasteiger partial charge in [-0.3, -0.25) is 0 Å². The highest BCUT2D eigenvalue weighted by atomic mass is 19.1. The van der Waals surface area contributed by atoms with E-state index in [0.29, 0.717) is 0 Å². The van der Waals surface area contributed by atoms with Crippen LogP contribution in [-0.4, -0.2) is 32.3 Å². The van der Waals surface area contributed by atoms with Crippen LogP contribution in [0.5, 0.6) is 0 Å². The van der Waals surface area contributed by atoms with Gasteiger partial charge in [-0.15, -0.1) is 0 Å². The van der Waals surface area contributed by atoms with Crippen LogP contribution in [0.4, 0.5) is 10.1 Å². The van der Waals surface area contributed by atoms with Gasteiger partial charge >= 0.3 is 0 Å². The molecule has 0 spiro atoms. The summed E-state index contributed by atoms with van der Waals surface area (Å²) in [7, 11) is 0. The second kappa shape index (κ2) is 7.76. The number of hydrogen-bond acceptors (Lipinski definition) is 3. The molecule has 0 radical (unpaired) electrons. The summed E-state index contributed by atoms with van der Waals surface area (Å²) in [6.07, 6.45) is 2.41. The molecule has 118 valence electrons. The van der Waals surface area contributed by atoms with E-state index >= 15 is 0 Å². The lowest BCUT2D eigenvalue weighted by Crippen LogP contribution is -2.34. The lowest BCUT2D eigenvalue weighted by Gasteiger charge is -2.30. The molecular formula is C17H27FN2O. The molecule has 1 heterocycles. The monoisotopic (exact) mass is 294 g/mol. The van der Waals surface area contributed by atoms with Crippen LogP contribution in [0.1, 0.15) is 45.2 Å². The Morgan fingerprint density at radius 1 is 1.43 bits per heavy atom. The first kappa shape index (κ1) is 16.2. The summed E-state index contributed by atoms with van der Waals surface area (Å²) in [5.41, 5.74) is 1.75. The number of hydrogen-bond donors (Lipinski definition) is 1. The molecule has 2 rings (SSSR count). The number of ether oxygens (including phenoxy) is 1. The molecule has 4 heteroatoms. The molecule has 1 N–H and O–H groups in total. The highest BCUT2D eigenvalue weighted by Gasteiger charge is 2.23. The molecule has 1 aliphatic heterocycles. The first-order valence-corrected chi connectivity index (χ1v) is 8.05. The number of halogens is 1. The van der Waals surface area contributed by atoms with Crippen LogP contribution in [0.2, 0.25) is 0 Å². The number of anilines is 1. The van der Waals surface area contributed by atoms with E-state index in [0.717, 1.165) is 50.3 Å². The molecule has 1 aliphatic rings. The maximum Gasteiger partial charge on any atom is 0.146 e.